The third-order valence-corrected chi connectivity index (χ3v) is 4.93. The van der Waals surface area contributed by atoms with Crippen LogP contribution in [0.3, 0.4) is 0 Å². The third kappa shape index (κ3) is 3.43. The minimum Gasteiger partial charge on any atom is -0.368 e. The third-order valence-electron chi connectivity index (χ3n) is 4.93. The van der Waals surface area contributed by atoms with E-state index in [2.05, 4.69) is 52.9 Å². The SMILES string of the molecule is Cc1cccc(N2CCN(C(=O)C3CCCN(C)C3)CC2)c1. The normalized spacial score (nSPS) is 23.6. The van der Waals surface area contributed by atoms with Gasteiger partial charge in [-0.15, -0.1) is 0 Å². The molecule has 2 heterocycles. The zero-order valence-corrected chi connectivity index (χ0v) is 13.8. The number of carbonyl (C=O) groups excluding carboxylic acids is 1. The highest BCUT2D eigenvalue weighted by atomic mass is 16.2. The summed E-state index contributed by atoms with van der Waals surface area (Å²) >= 11 is 0. The van der Waals surface area contributed by atoms with Crippen LogP contribution in [0, 0.1) is 12.8 Å². The van der Waals surface area contributed by atoms with Gasteiger partial charge in [0.1, 0.15) is 0 Å². The second kappa shape index (κ2) is 6.69. The molecular formula is C18H27N3O. The van der Waals surface area contributed by atoms with E-state index < -0.39 is 0 Å². The summed E-state index contributed by atoms with van der Waals surface area (Å²) in [5.74, 6) is 0.583. The Hall–Kier alpha value is -1.55. The minimum atomic E-state index is 0.212. The molecule has 1 unspecified atom stereocenters. The Kier molecular flexibility index (Phi) is 4.67. The number of hydrogen-bond acceptors (Lipinski definition) is 3. The molecule has 2 aliphatic heterocycles. The van der Waals surface area contributed by atoms with Gasteiger partial charge in [-0.2, -0.15) is 0 Å². The van der Waals surface area contributed by atoms with Crippen molar-refractivity contribution >= 4 is 11.6 Å². The lowest BCUT2D eigenvalue weighted by Gasteiger charge is -2.39. The molecule has 120 valence electrons. The number of hydrogen-bond donors (Lipinski definition) is 0. The molecule has 0 aromatic heterocycles. The molecule has 0 spiro atoms. The summed E-state index contributed by atoms with van der Waals surface area (Å²) in [5.41, 5.74) is 2.57. The fraction of sp³-hybridized carbons (Fsp3) is 0.611. The Morgan fingerprint density at radius 3 is 2.59 bits per heavy atom. The molecule has 0 radical (unpaired) electrons. The summed E-state index contributed by atoms with van der Waals surface area (Å²) in [7, 11) is 2.12. The average Bonchev–Trinajstić information content (AvgIpc) is 2.54. The highest BCUT2D eigenvalue weighted by Gasteiger charge is 2.29. The highest BCUT2D eigenvalue weighted by molar-refractivity contribution is 5.79. The molecule has 1 amide bonds. The zero-order chi connectivity index (χ0) is 15.5. The number of aryl methyl sites for hydroxylation is 1. The highest BCUT2D eigenvalue weighted by Crippen LogP contribution is 2.21. The fourth-order valence-corrected chi connectivity index (χ4v) is 3.64. The molecule has 4 nitrogen and oxygen atoms in total. The molecule has 0 saturated carbocycles. The van der Waals surface area contributed by atoms with Crippen LogP contribution in [-0.2, 0) is 4.79 Å². The van der Waals surface area contributed by atoms with E-state index in [0.717, 1.165) is 52.1 Å². The van der Waals surface area contributed by atoms with E-state index in [1.165, 1.54) is 11.3 Å². The number of likely N-dealkylation sites (tertiary alicyclic amines) is 1. The second-order valence-corrected chi connectivity index (χ2v) is 6.75. The molecule has 0 bridgehead atoms. The van der Waals surface area contributed by atoms with Crippen LogP contribution < -0.4 is 4.90 Å². The molecule has 22 heavy (non-hydrogen) atoms. The lowest BCUT2D eigenvalue weighted by molar-refractivity contribution is -0.137. The van der Waals surface area contributed by atoms with Crippen LogP contribution in [0.5, 0.6) is 0 Å². The van der Waals surface area contributed by atoms with Gasteiger partial charge in [0.15, 0.2) is 0 Å². The zero-order valence-electron chi connectivity index (χ0n) is 13.8. The fourth-order valence-electron chi connectivity index (χ4n) is 3.64. The van der Waals surface area contributed by atoms with E-state index in [1.807, 2.05) is 0 Å². The number of amides is 1. The van der Waals surface area contributed by atoms with Crippen molar-refractivity contribution in [3.05, 3.63) is 29.8 Å². The van der Waals surface area contributed by atoms with Crippen LogP contribution in [0.2, 0.25) is 0 Å². The van der Waals surface area contributed by atoms with E-state index in [9.17, 15) is 4.79 Å². The number of anilines is 1. The Balaban J connectivity index is 1.56. The van der Waals surface area contributed by atoms with Gasteiger partial charge in [0.25, 0.3) is 0 Å². The first-order valence-corrected chi connectivity index (χ1v) is 8.42. The molecule has 0 N–H and O–H groups in total. The first-order chi connectivity index (χ1) is 10.6. The number of nitrogens with zero attached hydrogens (tertiary/aromatic N) is 3. The predicted octanol–water partition coefficient (Wildman–Crippen LogP) is 1.99. The Morgan fingerprint density at radius 1 is 1.14 bits per heavy atom. The molecule has 1 aromatic rings. The number of carbonyl (C=O) groups is 1. The van der Waals surface area contributed by atoms with Crippen LogP contribution in [0.25, 0.3) is 0 Å². The van der Waals surface area contributed by atoms with Crippen LogP contribution in [0.4, 0.5) is 5.69 Å². The van der Waals surface area contributed by atoms with Crippen molar-refractivity contribution in [2.24, 2.45) is 5.92 Å². The van der Waals surface area contributed by atoms with Crippen molar-refractivity contribution < 1.29 is 4.79 Å². The molecule has 3 rings (SSSR count). The number of benzene rings is 1. The van der Waals surface area contributed by atoms with Gasteiger partial charge < -0.3 is 14.7 Å². The topological polar surface area (TPSA) is 26.8 Å². The van der Waals surface area contributed by atoms with Gasteiger partial charge in [0.05, 0.1) is 5.92 Å². The van der Waals surface area contributed by atoms with E-state index in [-0.39, 0.29) is 5.92 Å². The monoisotopic (exact) mass is 301 g/mol. The summed E-state index contributed by atoms with van der Waals surface area (Å²) in [5, 5.41) is 0. The Labute approximate surface area is 133 Å². The van der Waals surface area contributed by atoms with Gasteiger partial charge in [0, 0.05) is 38.4 Å². The Morgan fingerprint density at radius 2 is 1.91 bits per heavy atom. The largest absolute Gasteiger partial charge is 0.368 e. The van der Waals surface area contributed by atoms with Crippen LogP contribution in [0.15, 0.2) is 24.3 Å². The van der Waals surface area contributed by atoms with E-state index in [1.54, 1.807) is 0 Å². The molecule has 0 aliphatic carbocycles. The van der Waals surface area contributed by atoms with Gasteiger partial charge >= 0.3 is 0 Å². The van der Waals surface area contributed by atoms with Gasteiger partial charge in [0.2, 0.25) is 5.91 Å². The lowest BCUT2D eigenvalue weighted by atomic mass is 9.96. The van der Waals surface area contributed by atoms with Crippen LogP contribution in [-0.4, -0.2) is 62.0 Å². The Bertz CT molecular complexity index is 523. The van der Waals surface area contributed by atoms with Crippen molar-refractivity contribution in [1.82, 2.24) is 9.80 Å². The molecule has 1 aromatic carbocycles. The predicted molar refractivity (Wildman–Crippen MR) is 90.2 cm³/mol. The molecule has 1 atom stereocenters. The summed E-state index contributed by atoms with van der Waals surface area (Å²) in [6, 6.07) is 8.64. The minimum absolute atomic E-state index is 0.212. The van der Waals surface area contributed by atoms with Gasteiger partial charge in [-0.05, 0) is 51.1 Å². The van der Waals surface area contributed by atoms with Crippen molar-refractivity contribution in [3.63, 3.8) is 0 Å². The van der Waals surface area contributed by atoms with Crippen molar-refractivity contribution in [1.29, 1.82) is 0 Å². The average molecular weight is 301 g/mol. The quantitative estimate of drug-likeness (QED) is 0.836. The second-order valence-electron chi connectivity index (χ2n) is 6.75. The molecule has 2 saturated heterocycles. The van der Waals surface area contributed by atoms with Crippen LogP contribution in [0.1, 0.15) is 18.4 Å². The first kappa shape index (κ1) is 15.3. The number of piperidine rings is 1. The smallest absolute Gasteiger partial charge is 0.227 e. The molecule has 4 heteroatoms. The van der Waals surface area contributed by atoms with Gasteiger partial charge in [-0.1, -0.05) is 12.1 Å². The summed E-state index contributed by atoms with van der Waals surface area (Å²) in [6.07, 6.45) is 2.21. The molecule has 2 fully saturated rings. The first-order valence-electron chi connectivity index (χ1n) is 8.42. The summed E-state index contributed by atoms with van der Waals surface area (Å²) in [6.45, 7) is 7.78. The summed E-state index contributed by atoms with van der Waals surface area (Å²) < 4.78 is 0. The van der Waals surface area contributed by atoms with Crippen molar-refractivity contribution in [2.75, 3.05) is 51.2 Å². The van der Waals surface area contributed by atoms with E-state index in [4.69, 9.17) is 0 Å². The lowest BCUT2D eigenvalue weighted by Crippen LogP contribution is -2.52. The standard InChI is InChI=1S/C18H27N3O/c1-15-5-3-7-17(13-15)20-9-11-21(12-10-20)18(22)16-6-4-8-19(2)14-16/h3,5,7,13,16H,4,6,8-12,14H2,1-2H3. The van der Waals surface area contributed by atoms with E-state index in [0.29, 0.717) is 5.91 Å². The van der Waals surface area contributed by atoms with Crippen molar-refractivity contribution in [3.8, 4) is 0 Å². The van der Waals surface area contributed by atoms with E-state index >= 15 is 0 Å². The molecule has 2 aliphatic rings. The number of rotatable bonds is 2. The summed E-state index contributed by atoms with van der Waals surface area (Å²) in [4.78, 5) is 19.4. The van der Waals surface area contributed by atoms with Gasteiger partial charge in [-0.25, -0.2) is 0 Å². The van der Waals surface area contributed by atoms with Crippen LogP contribution >= 0.6 is 0 Å². The maximum Gasteiger partial charge on any atom is 0.227 e. The molecular weight excluding hydrogens is 274 g/mol. The maximum atomic E-state index is 12.7. The van der Waals surface area contributed by atoms with Crippen molar-refractivity contribution in [2.45, 2.75) is 19.8 Å². The maximum absolute atomic E-state index is 12.7. The van der Waals surface area contributed by atoms with Gasteiger partial charge in [-0.3, -0.25) is 4.79 Å². The number of piperazine rings is 1.